The summed E-state index contributed by atoms with van der Waals surface area (Å²) in [5, 5.41) is 10.7. The number of anilines is 1. The molecule has 27 heavy (non-hydrogen) atoms. The second-order valence-electron chi connectivity index (χ2n) is 5.54. The number of ether oxygens (including phenoxy) is 1. The molecule has 1 aromatic heterocycles. The van der Waals surface area contributed by atoms with Crippen LogP contribution >= 0.6 is 11.6 Å². The molecule has 0 amide bonds. The molecule has 0 fully saturated rings. The number of rotatable bonds is 3. The molecule has 1 heterocycles. The minimum absolute atomic E-state index is 0.0559. The monoisotopic (exact) mass is 395 g/mol. The smallest absolute Gasteiger partial charge is 0.434 e. The fraction of sp³-hybridized carbons (Fsp3) is 0.111. The van der Waals surface area contributed by atoms with Crippen molar-refractivity contribution in [3.63, 3.8) is 0 Å². The maximum Gasteiger partial charge on any atom is 0.434 e. The second kappa shape index (κ2) is 6.96. The molecule has 5 nitrogen and oxygen atoms in total. The topological polar surface area (TPSA) is 81.3 Å². The number of hydrogen-bond acceptors (Lipinski definition) is 5. The number of nitrogens with two attached hydrogens (primary N) is 1. The van der Waals surface area contributed by atoms with E-state index in [1.165, 1.54) is 49.6 Å². The molecule has 0 aliphatic heterocycles. The third-order valence-electron chi connectivity index (χ3n) is 3.79. The first-order chi connectivity index (χ1) is 12.7. The number of nitrogen functional groups attached to an aromatic ring is 1. The molecule has 140 valence electrons. The van der Waals surface area contributed by atoms with Gasteiger partial charge in [0, 0.05) is 22.2 Å². The van der Waals surface area contributed by atoms with Gasteiger partial charge in [-0.2, -0.15) is 13.2 Å². The number of hydrogen-bond donors (Lipinski definition) is 2. The highest BCUT2D eigenvalue weighted by Gasteiger charge is 2.38. The summed E-state index contributed by atoms with van der Waals surface area (Å²) in [4.78, 5) is 7.36. The average molecular weight is 396 g/mol. The van der Waals surface area contributed by atoms with Gasteiger partial charge in [-0.1, -0.05) is 23.7 Å². The zero-order chi connectivity index (χ0) is 19.8. The normalized spacial score (nSPS) is 11.4. The van der Waals surface area contributed by atoms with Crippen molar-refractivity contribution in [1.29, 1.82) is 0 Å². The van der Waals surface area contributed by atoms with Crippen molar-refractivity contribution in [2.45, 2.75) is 6.18 Å². The first kappa shape index (κ1) is 18.8. The lowest BCUT2D eigenvalue weighted by Gasteiger charge is -2.17. The van der Waals surface area contributed by atoms with E-state index in [9.17, 15) is 18.3 Å². The molecule has 0 radical (unpaired) electrons. The summed E-state index contributed by atoms with van der Waals surface area (Å²) in [6.07, 6.45) is -4.79. The van der Waals surface area contributed by atoms with Gasteiger partial charge in [-0.25, -0.2) is 9.97 Å². The van der Waals surface area contributed by atoms with Crippen LogP contribution in [0, 0.1) is 0 Å². The summed E-state index contributed by atoms with van der Waals surface area (Å²) in [6.45, 7) is 0. The summed E-state index contributed by atoms with van der Waals surface area (Å²) >= 11 is 5.84. The van der Waals surface area contributed by atoms with Crippen molar-refractivity contribution in [3.8, 4) is 33.9 Å². The number of alkyl halides is 3. The third-order valence-corrected chi connectivity index (χ3v) is 4.04. The average Bonchev–Trinajstić information content (AvgIpc) is 2.61. The number of nitrogens with zero attached hydrogens (tertiary/aromatic N) is 2. The van der Waals surface area contributed by atoms with Gasteiger partial charge < -0.3 is 15.6 Å². The van der Waals surface area contributed by atoms with Crippen LogP contribution in [-0.4, -0.2) is 22.2 Å². The summed E-state index contributed by atoms with van der Waals surface area (Å²) < 4.78 is 46.0. The molecule has 0 spiro atoms. The number of phenolic OH excluding ortho intramolecular Hbond substituents is 1. The highest BCUT2D eigenvalue weighted by Crippen LogP contribution is 2.43. The number of aromatic hydroxyl groups is 1. The van der Waals surface area contributed by atoms with E-state index in [0.29, 0.717) is 10.8 Å². The van der Waals surface area contributed by atoms with Gasteiger partial charge in [0.2, 0.25) is 5.95 Å². The Labute approximate surface area is 157 Å². The molecule has 0 aliphatic rings. The molecule has 0 saturated heterocycles. The predicted octanol–water partition coefficient (Wildman–Crippen LogP) is 4.78. The number of methoxy groups -OCH3 is 1. The zero-order valence-electron chi connectivity index (χ0n) is 13.9. The van der Waals surface area contributed by atoms with E-state index < -0.39 is 17.8 Å². The molecule has 0 bridgehead atoms. The number of phenols is 1. The Hall–Kier alpha value is -3.00. The standard InChI is InChI=1S/C18H13ClF3N3O2/c1-27-11-6-7-12(13(26)8-11)15-14(9-2-4-10(19)5-3-9)16(18(20,21)22)25-17(23)24-15/h2-8,26H,1H3,(H2,23,24,25). The van der Waals surface area contributed by atoms with E-state index in [4.69, 9.17) is 22.1 Å². The molecule has 2 aromatic carbocycles. The van der Waals surface area contributed by atoms with Crippen LogP contribution in [0.3, 0.4) is 0 Å². The molecular formula is C18H13ClF3N3O2. The Morgan fingerprint density at radius 1 is 1.07 bits per heavy atom. The molecule has 3 rings (SSSR count). The van der Waals surface area contributed by atoms with Gasteiger partial charge in [0.15, 0.2) is 5.69 Å². The lowest BCUT2D eigenvalue weighted by atomic mass is 9.96. The van der Waals surface area contributed by atoms with E-state index >= 15 is 0 Å². The van der Waals surface area contributed by atoms with Gasteiger partial charge in [0.05, 0.1) is 12.8 Å². The van der Waals surface area contributed by atoms with Gasteiger partial charge >= 0.3 is 6.18 Å². The maximum atomic E-state index is 13.7. The number of aromatic nitrogens is 2. The van der Waals surface area contributed by atoms with Crippen LogP contribution in [0.2, 0.25) is 5.02 Å². The zero-order valence-corrected chi connectivity index (χ0v) is 14.6. The highest BCUT2D eigenvalue weighted by atomic mass is 35.5. The van der Waals surface area contributed by atoms with Crippen molar-refractivity contribution < 1.29 is 23.0 Å². The number of benzene rings is 2. The summed E-state index contributed by atoms with van der Waals surface area (Å²) in [7, 11) is 1.40. The molecule has 0 saturated carbocycles. The van der Waals surface area contributed by atoms with Crippen molar-refractivity contribution in [1.82, 2.24) is 9.97 Å². The Kier molecular flexibility index (Phi) is 4.84. The lowest BCUT2D eigenvalue weighted by Crippen LogP contribution is -2.14. The Morgan fingerprint density at radius 2 is 1.74 bits per heavy atom. The molecule has 3 aromatic rings. The SMILES string of the molecule is COc1ccc(-c2nc(N)nc(C(F)(F)F)c2-c2ccc(Cl)cc2)c(O)c1. The number of halogens is 4. The van der Waals surface area contributed by atoms with Gasteiger partial charge in [0.1, 0.15) is 11.5 Å². The summed E-state index contributed by atoms with van der Waals surface area (Å²) in [5.74, 6) is -0.539. The largest absolute Gasteiger partial charge is 0.507 e. The van der Waals surface area contributed by atoms with Crippen LogP contribution in [-0.2, 0) is 6.18 Å². The van der Waals surface area contributed by atoms with E-state index in [1.807, 2.05) is 0 Å². The van der Waals surface area contributed by atoms with Gasteiger partial charge in [-0.05, 0) is 29.8 Å². The van der Waals surface area contributed by atoms with Crippen LogP contribution in [0.25, 0.3) is 22.4 Å². The molecule has 0 unspecified atom stereocenters. The van der Waals surface area contributed by atoms with Gasteiger partial charge in [-0.15, -0.1) is 0 Å². The molecular weight excluding hydrogens is 383 g/mol. The van der Waals surface area contributed by atoms with Crippen LogP contribution in [0.15, 0.2) is 42.5 Å². The lowest BCUT2D eigenvalue weighted by molar-refractivity contribution is -0.140. The second-order valence-corrected chi connectivity index (χ2v) is 5.98. The van der Waals surface area contributed by atoms with Crippen LogP contribution in [0.5, 0.6) is 11.5 Å². The van der Waals surface area contributed by atoms with Crippen molar-refractivity contribution in [2.24, 2.45) is 0 Å². The van der Waals surface area contributed by atoms with E-state index in [1.54, 1.807) is 0 Å². The van der Waals surface area contributed by atoms with Crippen molar-refractivity contribution in [3.05, 3.63) is 53.2 Å². The third kappa shape index (κ3) is 3.75. The fourth-order valence-electron chi connectivity index (χ4n) is 2.61. The summed E-state index contributed by atoms with van der Waals surface area (Å²) in [5.41, 5.74) is 4.08. The molecule has 9 heteroatoms. The van der Waals surface area contributed by atoms with Crippen LogP contribution < -0.4 is 10.5 Å². The fourth-order valence-corrected chi connectivity index (χ4v) is 2.73. The van der Waals surface area contributed by atoms with Crippen LogP contribution in [0.1, 0.15) is 5.69 Å². The first-order valence-electron chi connectivity index (χ1n) is 7.58. The van der Waals surface area contributed by atoms with Gasteiger partial charge in [-0.3, -0.25) is 0 Å². The van der Waals surface area contributed by atoms with E-state index in [0.717, 1.165) is 0 Å². The summed E-state index contributed by atoms with van der Waals surface area (Å²) in [6, 6.07) is 9.89. The van der Waals surface area contributed by atoms with E-state index in [-0.39, 0.29) is 28.1 Å². The maximum absolute atomic E-state index is 13.7. The Morgan fingerprint density at radius 3 is 2.30 bits per heavy atom. The minimum atomic E-state index is -4.79. The quantitative estimate of drug-likeness (QED) is 0.667. The van der Waals surface area contributed by atoms with Gasteiger partial charge in [0.25, 0.3) is 0 Å². The molecule has 3 N–H and O–H groups in total. The molecule has 0 aliphatic carbocycles. The van der Waals surface area contributed by atoms with Crippen molar-refractivity contribution >= 4 is 17.5 Å². The van der Waals surface area contributed by atoms with Crippen molar-refractivity contribution in [2.75, 3.05) is 12.8 Å². The first-order valence-corrected chi connectivity index (χ1v) is 7.96. The Bertz CT molecular complexity index is 992. The van der Waals surface area contributed by atoms with Crippen LogP contribution in [0.4, 0.5) is 19.1 Å². The Balaban J connectivity index is 2.36. The minimum Gasteiger partial charge on any atom is -0.507 e. The highest BCUT2D eigenvalue weighted by molar-refractivity contribution is 6.30. The molecule has 0 atom stereocenters. The predicted molar refractivity (Wildman–Crippen MR) is 95.5 cm³/mol. The van der Waals surface area contributed by atoms with E-state index in [2.05, 4.69) is 9.97 Å².